The molecule has 0 bridgehead atoms. The SMILES string of the molecule is Cc1ccc(-c2nc3cc(Cl)ccn3c2CO)cc1. The molecular formula is C15H13ClN2O. The van der Waals surface area contributed by atoms with Crippen LogP contribution in [0.5, 0.6) is 0 Å². The van der Waals surface area contributed by atoms with Gasteiger partial charge in [0.1, 0.15) is 5.65 Å². The lowest BCUT2D eigenvalue weighted by molar-refractivity contribution is 0.276. The minimum absolute atomic E-state index is 0.0635. The van der Waals surface area contributed by atoms with E-state index in [-0.39, 0.29) is 6.61 Å². The standard InChI is InChI=1S/C15H13ClN2O/c1-10-2-4-11(5-3-10)15-13(9-19)18-7-6-12(16)8-14(18)17-15/h2-8,19H,9H2,1H3. The van der Waals surface area contributed by atoms with Gasteiger partial charge in [-0.15, -0.1) is 0 Å². The smallest absolute Gasteiger partial charge is 0.139 e. The van der Waals surface area contributed by atoms with Crippen molar-refractivity contribution in [2.45, 2.75) is 13.5 Å². The Balaban J connectivity index is 2.25. The van der Waals surface area contributed by atoms with Gasteiger partial charge in [-0.3, -0.25) is 0 Å². The van der Waals surface area contributed by atoms with Crippen molar-refractivity contribution in [2.24, 2.45) is 0 Å². The third kappa shape index (κ3) is 2.11. The summed E-state index contributed by atoms with van der Waals surface area (Å²) in [6, 6.07) is 11.7. The molecule has 0 radical (unpaired) electrons. The Morgan fingerprint density at radius 2 is 1.95 bits per heavy atom. The van der Waals surface area contributed by atoms with Gasteiger partial charge in [-0.2, -0.15) is 0 Å². The molecule has 0 aliphatic carbocycles. The number of nitrogens with zero attached hydrogens (tertiary/aromatic N) is 2. The summed E-state index contributed by atoms with van der Waals surface area (Å²) in [5, 5.41) is 10.2. The third-order valence-electron chi connectivity index (χ3n) is 3.16. The van der Waals surface area contributed by atoms with Gasteiger partial charge in [-0.05, 0) is 13.0 Å². The van der Waals surface area contributed by atoms with E-state index < -0.39 is 0 Å². The second-order valence-electron chi connectivity index (χ2n) is 4.50. The van der Waals surface area contributed by atoms with Gasteiger partial charge in [-0.1, -0.05) is 41.4 Å². The Labute approximate surface area is 116 Å². The van der Waals surface area contributed by atoms with Crippen molar-refractivity contribution in [3.8, 4) is 11.3 Å². The fourth-order valence-corrected chi connectivity index (χ4v) is 2.32. The second-order valence-corrected chi connectivity index (χ2v) is 4.94. The summed E-state index contributed by atoms with van der Waals surface area (Å²) in [5.74, 6) is 0. The number of rotatable bonds is 2. The highest BCUT2D eigenvalue weighted by molar-refractivity contribution is 6.30. The molecule has 0 aliphatic heterocycles. The number of imidazole rings is 1. The molecule has 2 aromatic heterocycles. The maximum atomic E-state index is 9.60. The van der Waals surface area contributed by atoms with Crippen LogP contribution in [0.3, 0.4) is 0 Å². The molecule has 0 fully saturated rings. The Hall–Kier alpha value is -1.84. The van der Waals surface area contributed by atoms with Gasteiger partial charge in [0, 0.05) is 22.8 Å². The van der Waals surface area contributed by atoms with Crippen LogP contribution >= 0.6 is 11.6 Å². The van der Waals surface area contributed by atoms with E-state index in [9.17, 15) is 5.11 Å². The lowest BCUT2D eigenvalue weighted by Crippen LogP contribution is -1.93. The molecule has 96 valence electrons. The predicted octanol–water partition coefficient (Wildman–Crippen LogP) is 3.46. The normalized spacial score (nSPS) is 11.1. The molecule has 0 unspecified atom stereocenters. The zero-order chi connectivity index (χ0) is 13.4. The molecule has 2 heterocycles. The summed E-state index contributed by atoms with van der Waals surface area (Å²) in [7, 11) is 0. The van der Waals surface area contributed by atoms with Crippen molar-refractivity contribution in [1.82, 2.24) is 9.38 Å². The molecule has 3 nitrogen and oxygen atoms in total. The minimum Gasteiger partial charge on any atom is -0.390 e. The van der Waals surface area contributed by atoms with Crippen molar-refractivity contribution in [2.75, 3.05) is 0 Å². The molecule has 19 heavy (non-hydrogen) atoms. The number of aliphatic hydroxyl groups is 1. The van der Waals surface area contributed by atoms with Crippen molar-refractivity contribution < 1.29 is 5.11 Å². The van der Waals surface area contributed by atoms with Gasteiger partial charge < -0.3 is 9.51 Å². The van der Waals surface area contributed by atoms with Crippen LogP contribution in [-0.2, 0) is 6.61 Å². The predicted molar refractivity (Wildman–Crippen MR) is 76.3 cm³/mol. The van der Waals surface area contributed by atoms with Crippen LogP contribution in [0.15, 0.2) is 42.6 Å². The van der Waals surface area contributed by atoms with E-state index in [0.717, 1.165) is 22.6 Å². The number of aromatic nitrogens is 2. The number of aryl methyl sites for hydroxylation is 1. The number of hydrogen-bond donors (Lipinski definition) is 1. The van der Waals surface area contributed by atoms with Gasteiger partial charge >= 0.3 is 0 Å². The highest BCUT2D eigenvalue weighted by Gasteiger charge is 2.13. The molecule has 1 aromatic carbocycles. The lowest BCUT2D eigenvalue weighted by Gasteiger charge is -2.02. The van der Waals surface area contributed by atoms with Gasteiger partial charge in [0.2, 0.25) is 0 Å². The summed E-state index contributed by atoms with van der Waals surface area (Å²) in [5.41, 5.74) is 4.50. The van der Waals surface area contributed by atoms with Crippen LogP contribution in [0, 0.1) is 6.92 Å². The quantitative estimate of drug-likeness (QED) is 0.776. The molecule has 0 saturated heterocycles. The Bertz CT molecular complexity index is 732. The zero-order valence-corrected chi connectivity index (χ0v) is 11.2. The first-order valence-electron chi connectivity index (χ1n) is 6.03. The van der Waals surface area contributed by atoms with Crippen LogP contribution < -0.4 is 0 Å². The van der Waals surface area contributed by atoms with E-state index in [1.165, 1.54) is 5.56 Å². The van der Waals surface area contributed by atoms with E-state index >= 15 is 0 Å². The fourth-order valence-electron chi connectivity index (χ4n) is 2.16. The van der Waals surface area contributed by atoms with Gasteiger partial charge in [0.15, 0.2) is 0 Å². The van der Waals surface area contributed by atoms with Crippen molar-refractivity contribution in [1.29, 1.82) is 0 Å². The number of aliphatic hydroxyl groups excluding tert-OH is 1. The molecule has 0 saturated carbocycles. The van der Waals surface area contributed by atoms with Crippen molar-refractivity contribution in [3.63, 3.8) is 0 Å². The van der Waals surface area contributed by atoms with E-state index in [0.29, 0.717) is 5.02 Å². The van der Waals surface area contributed by atoms with E-state index in [2.05, 4.69) is 4.98 Å². The minimum atomic E-state index is -0.0635. The van der Waals surface area contributed by atoms with Crippen molar-refractivity contribution >= 4 is 17.2 Å². The number of hydrogen-bond acceptors (Lipinski definition) is 2. The van der Waals surface area contributed by atoms with Crippen LogP contribution in [0.25, 0.3) is 16.9 Å². The van der Waals surface area contributed by atoms with E-state index in [4.69, 9.17) is 11.6 Å². The molecule has 1 N–H and O–H groups in total. The monoisotopic (exact) mass is 272 g/mol. The molecule has 0 aliphatic rings. The molecule has 0 spiro atoms. The van der Waals surface area contributed by atoms with Gasteiger partial charge in [-0.25, -0.2) is 4.98 Å². The Morgan fingerprint density at radius 1 is 1.21 bits per heavy atom. The van der Waals surface area contributed by atoms with Gasteiger partial charge in [0.05, 0.1) is 18.0 Å². The first kappa shape index (κ1) is 12.2. The summed E-state index contributed by atoms with van der Waals surface area (Å²) in [6.07, 6.45) is 1.83. The average Bonchev–Trinajstić information content (AvgIpc) is 2.77. The molecule has 4 heteroatoms. The number of pyridine rings is 1. The second kappa shape index (κ2) is 4.68. The number of benzene rings is 1. The molecule has 0 amide bonds. The summed E-state index contributed by atoms with van der Waals surface area (Å²) in [6.45, 7) is 1.98. The highest BCUT2D eigenvalue weighted by Crippen LogP contribution is 2.26. The molecule has 0 atom stereocenters. The number of fused-ring (bicyclic) bond motifs is 1. The lowest BCUT2D eigenvalue weighted by atomic mass is 10.1. The van der Waals surface area contributed by atoms with E-state index in [1.54, 1.807) is 12.1 Å². The van der Waals surface area contributed by atoms with Crippen LogP contribution in [0.2, 0.25) is 5.02 Å². The average molecular weight is 273 g/mol. The van der Waals surface area contributed by atoms with Crippen LogP contribution in [0.4, 0.5) is 0 Å². The topological polar surface area (TPSA) is 37.5 Å². The summed E-state index contributed by atoms with van der Waals surface area (Å²) >= 11 is 5.97. The number of halogens is 1. The van der Waals surface area contributed by atoms with Gasteiger partial charge in [0.25, 0.3) is 0 Å². The zero-order valence-electron chi connectivity index (χ0n) is 10.5. The Morgan fingerprint density at radius 3 is 2.63 bits per heavy atom. The maximum Gasteiger partial charge on any atom is 0.139 e. The van der Waals surface area contributed by atoms with E-state index in [1.807, 2.05) is 41.8 Å². The summed E-state index contributed by atoms with van der Waals surface area (Å²) < 4.78 is 1.86. The van der Waals surface area contributed by atoms with Crippen LogP contribution in [-0.4, -0.2) is 14.5 Å². The van der Waals surface area contributed by atoms with Crippen LogP contribution in [0.1, 0.15) is 11.3 Å². The van der Waals surface area contributed by atoms with Crippen molar-refractivity contribution in [3.05, 3.63) is 58.9 Å². The first-order valence-corrected chi connectivity index (χ1v) is 6.41. The molecular weight excluding hydrogens is 260 g/mol. The Kier molecular flexibility index (Phi) is 3.01. The maximum absolute atomic E-state index is 9.60. The fraction of sp³-hybridized carbons (Fsp3) is 0.133. The first-order chi connectivity index (χ1) is 9.19. The third-order valence-corrected chi connectivity index (χ3v) is 3.40. The summed E-state index contributed by atoms with van der Waals surface area (Å²) in [4.78, 5) is 4.56. The highest BCUT2D eigenvalue weighted by atomic mass is 35.5. The molecule has 3 aromatic rings. The largest absolute Gasteiger partial charge is 0.390 e. The molecule has 3 rings (SSSR count).